The fourth-order valence-corrected chi connectivity index (χ4v) is 3.74. The van der Waals surface area contributed by atoms with Gasteiger partial charge in [-0.1, -0.05) is 12.1 Å². The number of nitrogens with one attached hydrogen (secondary N) is 2. The predicted octanol–water partition coefficient (Wildman–Crippen LogP) is 3.92. The molecule has 21 heavy (non-hydrogen) atoms. The van der Waals surface area contributed by atoms with Crippen LogP contribution in [-0.4, -0.2) is 21.3 Å². The number of imidazole rings is 1. The van der Waals surface area contributed by atoms with Gasteiger partial charge in [-0.15, -0.1) is 0 Å². The Bertz CT molecular complexity index is 796. The summed E-state index contributed by atoms with van der Waals surface area (Å²) in [4.78, 5) is 7.47. The summed E-state index contributed by atoms with van der Waals surface area (Å²) in [6, 6.07) is 11.5. The van der Waals surface area contributed by atoms with Crippen LogP contribution in [-0.2, 0) is 0 Å². The van der Waals surface area contributed by atoms with E-state index in [1.165, 1.54) is 0 Å². The molecule has 0 amide bonds. The van der Waals surface area contributed by atoms with Crippen molar-refractivity contribution in [3.8, 4) is 5.75 Å². The smallest absolute Gasteiger partial charge is 0.222 e. The third-order valence-electron chi connectivity index (χ3n) is 2.82. The first-order valence-corrected chi connectivity index (χ1v) is 8.21. The van der Waals surface area contributed by atoms with Gasteiger partial charge in [0.1, 0.15) is 5.75 Å². The Labute approximate surface area is 148 Å². The quantitative estimate of drug-likeness (QED) is 0.288. The molecule has 3 aromatic rings. The number of nitrogens with zero attached hydrogens (tertiary/aromatic N) is 2. The molecular formula is C14H10I2N4O. The Balaban J connectivity index is 1.81. The van der Waals surface area contributed by atoms with E-state index in [1.807, 2.05) is 36.4 Å². The molecule has 1 aromatic heterocycles. The summed E-state index contributed by atoms with van der Waals surface area (Å²) in [6.07, 6.45) is 1.58. The lowest BCUT2D eigenvalue weighted by Crippen LogP contribution is -1.94. The molecule has 2 aromatic carbocycles. The predicted molar refractivity (Wildman–Crippen MR) is 101 cm³/mol. The first-order chi connectivity index (χ1) is 10.1. The molecule has 0 fully saturated rings. The van der Waals surface area contributed by atoms with Crippen molar-refractivity contribution < 1.29 is 5.11 Å². The Hall–Kier alpha value is -1.36. The summed E-state index contributed by atoms with van der Waals surface area (Å²) in [5.74, 6) is 0.790. The zero-order valence-electron chi connectivity index (χ0n) is 10.6. The lowest BCUT2D eigenvalue weighted by atomic mass is 10.2. The minimum atomic E-state index is 0.228. The van der Waals surface area contributed by atoms with Crippen molar-refractivity contribution in [1.29, 1.82) is 0 Å². The van der Waals surface area contributed by atoms with E-state index >= 15 is 0 Å². The van der Waals surface area contributed by atoms with Crippen molar-refractivity contribution in [2.45, 2.75) is 0 Å². The number of anilines is 1. The molecule has 0 unspecified atom stereocenters. The lowest BCUT2D eigenvalue weighted by Gasteiger charge is -2.02. The number of phenols is 1. The molecule has 0 saturated carbocycles. The molecule has 5 nitrogen and oxygen atoms in total. The van der Waals surface area contributed by atoms with E-state index in [0.29, 0.717) is 11.5 Å². The summed E-state index contributed by atoms with van der Waals surface area (Å²) in [7, 11) is 0. The van der Waals surface area contributed by atoms with Gasteiger partial charge in [-0.3, -0.25) is 0 Å². The largest absolute Gasteiger partial charge is 0.506 e. The summed E-state index contributed by atoms with van der Waals surface area (Å²) in [6.45, 7) is 0. The van der Waals surface area contributed by atoms with E-state index in [2.05, 4.69) is 65.7 Å². The minimum Gasteiger partial charge on any atom is -0.506 e. The lowest BCUT2D eigenvalue weighted by molar-refractivity contribution is 0.470. The molecule has 0 bridgehead atoms. The van der Waals surface area contributed by atoms with Gasteiger partial charge in [-0.2, -0.15) is 5.10 Å². The maximum atomic E-state index is 9.98. The van der Waals surface area contributed by atoms with E-state index in [1.54, 1.807) is 6.21 Å². The molecule has 3 N–H and O–H groups in total. The molecule has 0 atom stereocenters. The number of aromatic nitrogens is 2. The van der Waals surface area contributed by atoms with Crippen LogP contribution in [0.15, 0.2) is 41.5 Å². The van der Waals surface area contributed by atoms with Gasteiger partial charge < -0.3 is 10.1 Å². The van der Waals surface area contributed by atoms with Crippen molar-refractivity contribution in [2.75, 3.05) is 5.43 Å². The zero-order valence-corrected chi connectivity index (χ0v) is 15.0. The van der Waals surface area contributed by atoms with Gasteiger partial charge >= 0.3 is 0 Å². The van der Waals surface area contributed by atoms with Crippen molar-refractivity contribution in [3.05, 3.63) is 49.1 Å². The third-order valence-corrected chi connectivity index (χ3v) is 4.27. The average Bonchev–Trinajstić information content (AvgIpc) is 2.86. The van der Waals surface area contributed by atoms with Crippen molar-refractivity contribution >= 4 is 68.4 Å². The van der Waals surface area contributed by atoms with Crippen LogP contribution < -0.4 is 5.43 Å². The molecule has 0 aliphatic carbocycles. The third kappa shape index (κ3) is 3.28. The number of hydrogen-bond acceptors (Lipinski definition) is 4. The van der Waals surface area contributed by atoms with Crippen molar-refractivity contribution in [2.24, 2.45) is 5.10 Å². The second-order valence-corrected chi connectivity index (χ2v) is 6.71. The second-order valence-electron chi connectivity index (χ2n) is 4.30. The summed E-state index contributed by atoms with van der Waals surface area (Å²) >= 11 is 4.30. The van der Waals surface area contributed by atoms with E-state index in [4.69, 9.17) is 0 Å². The van der Waals surface area contributed by atoms with Crippen LogP contribution >= 0.6 is 45.2 Å². The van der Waals surface area contributed by atoms with Gasteiger partial charge in [-0.25, -0.2) is 10.4 Å². The Morgan fingerprint density at radius 2 is 2.05 bits per heavy atom. The maximum absolute atomic E-state index is 9.98. The molecule has 0 aliphatic heterocycles. The van der Waals surface area contributed by atoms with E-state index < -0.39 is 0 Å². The van der Waals surface area contributed by atoms with E-state index in [0.717, 1.165) is 18.2 Å². The normalized spacial score (nSPS) is 11.3. The van der Waals surface area contributed by atoms with Crippen LogP contribution in [0.5, 0.6) is 5.75 Å². The highest BCUT2D eigenvalue weighted by Crippen LogP contribution is 2.25. The van der Waals surface area contributed by atoms with Gasteiger partial charge in [0.25, 0.3) is 0 Å². The molecule has 7 heteroatoms. The summed E-state index contributed by atoms with van der Waals surface area (Å²) in [5, 5.41) is 14.1. The highest BCUT2D eigenvalue weighted by molar-refractivity contribution is 14.1. The van der Waals surface area contributed by atoms with Crippen LogP contribution in [0.4, 0.5) is 5.95 Å². The highest BCUT2D eigenvalue weighted by atomic mass is 127. The summed E-state index contributed by atoms with van der Waals surface area (Å²) < 4.78 is 1.84. The number of fused-ring (bicyclic) bond motifs is 1. The minimum absolute atomic E-state index is 0.228. The topological polar surface area (TPSA) is 73.3 Å². The number of halogens is 2. The molecular weight excluding hydrogens is 494 g/mol. The fraction of sp³-hybridized carbons (Fsp3) is 0. The van der Waals surface area contributed by atoms with Crippen LogP contribution in [0.1, 0.15) is 5.56 Å². The number of rotatable bonds is 3. The van der Waals surface area contributed by atoms with Crippen molar-refractivity contribution in [1.82, 2.24) is 9.97 Å². The van der Waals surface area contributed by atoms with Crippen LogP contribution in [0.25, 0.3) is 11.0 Å². The summed E-state index contributed by atoms with van der Waals surface area (Å²) in [5.41, 5.74) is 5.32. The zero-order chi connectivity index (χ0) is 14.8. The van der Waals surface area contributed by atoms with Gasteiger partial charge in [-0.05, 0) is 69.4 Å². The first-order valence-electron chi connectivity index (χ1n) is 6.05. The molecule has 0 spiro atoms. The van der Waals surface area contributed by atoms with Gasteiger partial charge in [0.05, 0.1) is 20.8 Å². The Kier molecular flexibility index (Phi) is 4.29. The van der Waals surface area contributed by atoms with Gasteiger partial charge in [0.15, 0.2) is 0 Å². The fourth-order valence-electron chi connectivity index (χ4n) is 1.85. The van der Waals surface area contributed by atoms with Crippen LogP contribution in [0.2, 0.25) is 0 Å². The number of H-pyrrole nitrogens is 1. The SMILES string of the molecule is Oc1c(I)cc(I)cc1/C=N/Nc1nc2ccccc2[nH]1. The number of hydrogen-bond donors (Lipinski definition) is 3. The van der Waals surface area contributed by atoms with Gasteiger partial charge in [0, 0.05) is 9.13 Å². The number of benzene rings is 2. The number of aromatic amines is 1. The standard InChI is InChI=1S/C14H10I2N4O/c15-9-5-8(13(21)10(16)6-9)7-17-20-14-18-11-3-1-2-4-12(11)19-14/h1-7,21H,(H2,18,19,20)/b17-7+. The monoisotopic (exact) mass is 504 g/mol. The molecule has 106 valence electrons. The highest BCUT2D eigenvalue weighted by Gasteiger charge is 2.05. The Morgan fingerprint density at radius 1 is 1.24 bits per heavy atom. The molecule has 0 radical (unpaired) electrons. The second kappa shape index (κ2) is 6.18. The number of aromatic hydroxyl groups is 1. The maximum Gasteiger partial charge on any atom is 0.222 e. The van der Waals surface area contributed by atoms with Crippen LogP contribution in [0.3, 0.4) is 0 Å². The number of para-hydroxylation sites is 2. The van der Waals surface area contributed by atoms with Gasteiger partial charge in [0.2, 0.25) is 5.95 Å². The molecule has 0 saturated heterocycles. The molecule has 3 rings (SSSR count). The average molecular weight is 504 g/mol. The molecule has 1 heterocycles. The van der Waals surface area contributed by atoms with Crippen LogP contribution in [0, 0.1) is 7.14 Å². The number of phenolic OH excluding ortho intramolecular Hbond substituents is 1. The first kappa shape index (κ1) is 14.6. The van der Waals surface area contributed by atoms with E-state index in [9.17, 15) is 5.11 Å². The van der Waals surface area contributed by atoms with E-state index in [-0.39, 0.29) is 5.75 Å². The molecule has 0 aliphatic rings. The number of hydrazone groups is 1. The Morgan fingerprint density at radius 3 is 2.86 bits per heavy atom. The van der Waals surface area contributed by atoms with Crippen molar-refractivity contribution in [3.63, 3.8) is 0 Å².